The number of benzene rings is 2. The maximum Gasteiger partial charge on any atom is 0.271 e. The second-order valence-corrected chi connectivity index (χ2v) is 6.38. The molecule has 0 aliphatic rings. The number of unbranched alkanes of at least 4 members (excludes halogenated alkanes) is 4. The quantitative estimate of drug-likeness (QED) is 0.325. The molecule has 2 rings (SSSR count). The van der Waals surface area contributed by atoms with Crippen LogP contribution in [-0.2, 0) is 0 Å². The number of amides is 1. The number of anilines is 1. The summed E-state index contributed by atoms with van der Waals surface area (Å²) in [7, 11) is 1.44. The van der Waals surface area contributed by atoms with E-state index in [0.29, 0.717) is 23.7 Å². The van der Waals surface area contributed by atoms with Gasteiger partial charge in [-0.15, -0.1) is 0 Å². The molecule has 0 fully saturated rings. The van der Waals surface area contributed by atoms with Crippen LogP contribution in [0.4, 0.5) is 11.4 Å². The number of ether oxygens (including phenoxy) is 2. The van der Waals surface area contributed by atoms with Crippen LogP contribution in [-0.4, -0.2) is 24.5 Å². The predicted octanol–water partition coefficient (Wildman–Crippen LogP) is 5.20. The molecule has 150 valence electrons. The number of hydrogen-bond acceptors (Lipinski definition) is 5. The van der Waals surface area contributed by atoms with Gasteiger partial charge in [-0.3, -0.25) is 14.9 Å². The molecule has 28 heavy (non-hydrogen) atoms. The van der Waals surface area contributed by atoms with E-state index in [-0.39, 0.29) is 17.3 Å². The molecule has 7 nitrogen and oxygen atoms in total. The summed E-state index contributed by atoms with van der Waals surface area (Å²) in [6.07, 6.45) is 5.85. The zero-order chi connectivity index (χ0) is 20.4. The molecule has 2 aromatic rings. The van der Waals surface area contributed by atoms with Crippen LogP contribution >= 0.6 is 0 Å². The van der Waals surface area contributed by atoms with Crippen molar-refractivity contribution >= 4 is 17.3 Å². The summed E-state index contributed by atoms with van der Waals surface area (Å²) in [6.45, 7) is 2.84. The normalized spacial score (nSPS) is 10.4. The lowest BCUT2D eigenvalue weighted by Gasteiger charge is -2.11. The zero-order valence-corrected chi connectivity index (χ0v) is 16.3. The first kappa shape index (κ1) is 21.2. The second-order valence-electron chi connectivity index (χ2n) is 6.38. The molecular formula is C21H26N2O5. The molecule has 0 saturated heterocycles. The summed E-state index contributed by atoms with van der Waals surface area (Å²) in [5, 5.41) is 13.6. The summed E-state index contributed by atoms with van der Waals surface area (Å²) in [5.74, 6) is 0.673. The van der Waals surface area contributed by atoms with Crippen molar-refractivity contribution in [3.63, 3.8) is 0 Å². The van der Waals surface area contributed by atoms with Crippen molar-refractivity contribution in [1.29, 1.82) is 0 Å². The third kappa shape index (κ3) is 6.26. The van der Waals surface area contributed by atoms with Gasteiger partial charge in [0.2, 0.25) is 0 Å². The first-order chi connectivity index (χ1) is 13.5. The molecule has 2 aromatic carbocycles. The Morgan fingerprint density at radius 3 is 2.43 bits per heavy atom. The lowest BCUT2D eigenvalue weighted by atomic mass is 10.1. The highest BCUT2D eigenvalue weighted by Crippen LogP contribution is 2.29. The maximum atomic E-state index is 12.5. The molecule has 0 aliphatic carbocycles. The van der Waals surface area contributed by atoms with Crippen molar-refractivity contribution in [2.75, 3.05) is 19.0 Å². The highest BCUT2D eigenvalue weighted by atomic mass is 16.6. The first-order valence-electron chi connectivity index (χ1n) is 9.41. The molecule has 1 amide bonds. The fraction of sp³-hybridized carbons (Fsp3) is 0.381. The lowest BCUT2D eigenvalue weighted by Crippen LogP contribution is -2.13. The second kappa shape index (κ2) is 10.9. The van der Waals surface area contributed by atoms with E-state index in [0.717, 1.165) is 12.8 Å². The SMILES string of the molecule is CCCCCCCOc1ccc(C(=O)Nc2cc([N+](=O)[O-])ccc2OC)cc1. The molecule has 0 aliphatic heterocycles. The molecule has 7 heteroatoms. The number of carbonyl (C=O) groups is 1. The Morgan fingerprint density at radius 2 is 1.79 bits per heavy atom. The Balaban J connectivity index is 1.94. The van der Waals surface area contributed by atoms with E-state index < -0.39 is 4.92 Å². The Hall–Kier alpha value is -3.09. The summed E-state index contributed by atoms with van der Waals surface area (Å²) >= 11 is 0. The summed E-state index contributed by atoms with van der Waals surface area (Å²) < 4.78 is 10.8. The highest BCUT2D eigenvalue weighted by molar-refractivity contribution is 6.05. The van der Waals surface area contributed by atoms with E-state index in [1.165, 1.54) is 44.6 Å². The fourth-order valence-electron chi connectivity index (χ4n) is 2.70. The van der Waals surface area contributed by atoms with Gasteiger partial charge in [-0.2, -0.15) is 0 Å². The Labute approximate surface area is 164 Å². The van der Waals surface area contributed by atoms with Crippen molar-refractivity contribution in [3.8, 4) is 11.5 Å². The van der Waals surface area contributed by atoms with Gasteiger partial charge in [0.1, 0.15) is 11.5 Å². The van der Waals surface area contributed by atoms with Crippen molar-refractivity contribution < 1.29 is 19.2 Å². The van der Waals surface area contributed by atoms with Crippen molar-refractivity contribution in [1.82, 2.24) is 0 Å². The fourth-order valence-corrected chi connectivity index (χ4v) is 2.70. The summed E-state index contributed by atoms with van der Waals surface area (Å²) in [6, 6.07) is 10.8. The summed E-state index contributed by atoms with van der Waals surface area (Å²) in [4.78, 5) is 22.9. The van der Waals surface area contributed by atoms with Gasteiger partial charge in [0, 0.05) is 17.7 Å². The van der Waals surface area contributed by atoms with Crippen molar-refractivity contribution in [2.24, 2.45) is 0 Å². The largest absolute Gasteiger partial charge is 0.495 e. The third-order valence-electron chi connectivity index (χ3n) is 4.28. The first-order valence-corrected chi connectivity index (χ1v) is 9.41. The number of nitrogens with one attached hydrogen (secondary N) is 1. The molecule has 0 spiro atoms. The van der Waals surface area contributed by atoms with E-state index in [1.54, 1.807) is 24.3 Å². The van der Waals surface area contributed by atoms with E-state index in [2.05, 4.69) is 12.2 Å². The van der Waals surface area contributed by atoms with Crippen LogP contribution in [0.15, 0.2) is 42.5 Å². The van der Waals surface area contributed by atoms with Gasteiger partial charge in [-0.1, -0.05) is 32.6 Å². The average Bonchev–Trinajstić information content (AvgIpc) is 2.71. The van der Waals surface area contributed by atoms with Crippen molar-refractivity contribution in [3.05, 3.63) is 58.1 Å². The van der Waals surface area contributed by atoms with Crippen LogP contribution in [0.2, 0.25) is 0 Å². The predicted molar refractivity (Wildman–Crippen MR) is 108 cm³/mol. The van der Waals surface area contributed by atoms with Crippen molar-refractivity contribution in [2.45, 2.75) is 39.0 Å². The molecular weight excluding hydrogens is 360 g/mol. The molecule has 0 saturated carbocycles. The van der Waals surface area contributed by atoms with Gasteiger partial charge in [0.05, 0.1) is 24.3 Å². The van der Waals surface area contributed by atoms with Crippen LogP contribution in [0.25, 0.3) is 0 Å². The number of methoxy groups -OCH3 is 1. The lowest BCUT2D eigenvalue weighted by molar-refractivity contribution is -0.384. The Bertz CT molecular complexity index is 790. The number of nitrogens with zero attached hydrogens (tertiary/aromatic N) is 1. The third-order valence-corrected chi connectivity index (χ3v) is 4.28. The van der Waals surface area contributed by atoms with Gasteiger partial charge < -0.3 is 14.8 Å². The minimum absolute atomic E-state index is 0.126. The number of nitro benzene ring substituents is 1. The standard InChI is InChI=1S/C21H26N2O5/c1-3-4-5-6-7-14-28-18-11-8-16(9-12-18)21(24)22-19-15-17(23(25)26)10-13-20(19)27-2/h8-13,15H,3-7,14H2,1-2H3,(H,22,24). The van der Waals surface area contributed by atoms with E-state index in [4.69, 9.17) is 9.47 Å². The van der Waals surface area contributed by atoms with Crippen LogP contribution in [0.5, 0.6) is 11.5 Å². The zero-order valence-electron chi connectivity index (χ0n) is 16.3. The molecule has 0 atom stereocenters. The Morgan fingerprint density at radius 1 is 1.07 bits per heavy atom. The van der Waals surface area contributed by atoms with Gasteiger partial charge in [0.25, 0.3) is 11.6 Å². The molecule has 0 bridgehead atoms. The highest BCUT2D eigenvalue weighted by Gasteiger charge is 2.14. The Kier molecular flexibility index (Phi) is 8.27. The van der Waals surface area contributed by atoms with Crippen LogP contribution in [0, 0.1) is 10.1 Å². The maximum absolute atomic E-state index is 12.5. The average molecular weight is 386 g/mol. The van der Waals surface area contributed by atoms with E-state index in [9.17, 15) is 14.9 Å². The van der Waals surface area contributed by atoms with Gasteiger partial charge >= 0.3 is 0 Å². The van der Waals surface area contributed by atoms with Crippen LogP contribution in [0.1, 0.15) is 49.4 Å². The van der Waals surface area contributed by atoms with E-state index >= 15 is 0 Å². The monoisotopic (exact) mass is 386 g/mol. The number of hydrogen-bond donors (Lipinski definition) is 1. The molecule has 0 aromatic heterocycles. The van der Waals surface area contributed by atoms with Gasteiger partial charge in [0.15, 0.2) is 0 Å². The van der Waals surface area contributed by atoms with Crippen LogP contribution in [0.3, 0.4) is 0 Å². The molecule has 0 radical (unpaired) electrons. The van der Waals surface area contributed by atoms with Gasteiger partial charge in [-0.25, -0.2) is 0 Å². The van der Waals surface area contributed by atoms with Gasteiger partial charge in [-0.05, 0) is 36.8 Å². The minimum atomic E-state index is -0.524. The van der Waals surface area contributed by atoms with Crippen LogP contribution < -0.4 is 14.8 Å². The smallest absolute Gasteiger partial charge is 0.271 e. The number of carbonyl (C=O) groups excluding carboxylic acids is 1. The number of rotatable bonds is 11. The molecule has 0 unspecified atom stereocenters. The molecule has 1 N–H and O–H groups in total. The summed E-state index contributed by atoms with van der Waals surface area (Å²) in [5.41, 5.74) is 0.539. The topological polar surface area (TPSA) is 90.7 Å². The molecule has 0 heterocycles. The minimum Gasteiger partial charge on any atom is -0.495 e. The number of non-ortho nitro benzene ring substituents is 1. The number of nitro groups is 1. The van der Waals surface area contributed by atoms with E-state index in [1.807, 2.05) is 0 Å².